The van der Waals surface area contributed by atoms with E-state index in [1.165, 1.54) is 18.9 Å². The van der Waals surface area contributed by atoms with Gasteiger partial charge in [0.15, 0.2) is 0 Å². The van der Waals surface area contributed by atoms with Gasteiger partial charge in [-0.1, -0.05) is 0 Å². The zero-order valence-corrected chi connectivity index (χ0v) is 12.6. The first-order chi connectivity index (χ1) is 10.1. The van der Waals surface area contributed by atoms with E-state index in [0.29, 0.717) is 17.6 Å². The molecule has 0 saturated carbocycles. The monoisotopic (exact) mass is 293 g/mol. The predicted molar refractivity (Wildman–Crippen MR) is 83.8 cm³/mol. The molecular formula is C14H23N5O2. The molecule has 21 heavy (non-hydrogen) atoms. The number of nitrogens with one attached hydrogen (secondary N) is 2. The van der Waals surface area contributed by atoms with Gasteiger partial charge in [-0.25, -0.2) is 4.98 Å². The normalized spacial score (nSPS) is 16.7. The fraction of sp³-hybridized carbons (Fsp3) is 0.643. The summed E-state index contributed by atoms with van der Waals surface area (Å²) in [4.78, 5) is 17.2. The Morgan fingerprint density at radius 1 is 1.43 bits per heavy atom. The topological polar surface area (TPSA) is 83.3 Å². The number of pyridine rings is 1. The summed E-state index contributed by atoms with van der Waals surface area (Å²) in [7, 11) is 3.89. The molecule has 0 radical (unpaired) electrons. The van der Waals surface area contributed by atoms with Crippen molar-refractivity contribution in [3.63, 3.8) is 0 Å². The highest BCUT2D eigenvalue weighted by atomic mass is 16.6. The van der Waals surface area contributed by atoms with E-state index in [4.69, 9.17) is 0 Å². The maximum absolute atomic E-state index is 11.0. The Kier molecular flexibility index (Phi) is 5.32. The second kappa shape index (κ2) is 7.21. The summed E-state index contributed by atoms with van der Waals surface area (Å²) in [6, 6.07) is 3.09. The zero-order valence-electron chi connectivity index (χ0n) is 12.6. The van der Waals surface area contributed by atoms with E-state index in [1.54, 1.807) is 13.1 Å². The third-order valence-corrected chi connectivity index (χ3v) is 4.01. The van der Waals surface area contributed by atoms with Crippen LogP contribution in [0.5, 0.6) is 0 Å². The van der Waals surface area contributed by atoms with Crippen molar-refractivity contribution in [3.05, 3.63) is 22.2 Å². The molecule has 1 aromatic rings. The van der Waals surface area contributed by atoms with E-state index in [2.05, 4.69) is 27.6 Å². The van der Waals surface area contributed by atoms with Crippen LogP contribution in [0, 0.1) is 16.0 Å². The molecule has 0 atom stereocenters. The van der Waals surface area contributed by atoms with Gasteiger partial charge in [-0.3, -0.25) is 10.1 Å². The lowest BCUT2D eigenvalue weighted by molar-refractivity contribution is -0.384. The molecule has 0 spiro atoms. The summed E-state index contributed by atoms with van der Waals surface area (Å²) in [5.74, 6) is 1.67. The van der Waals surface area contributed by atoms with Crippen molar-refractivity contribution in [2.75, 3.05) is 44.4 Å². The number of rotatable bonds is 6. The van der Waals surface area contributed by atoms with Crippen molar-refractivity contribution in [1.29, 1.82) is 0 Å². The molecule has 0 aromatic carbocycles. The maximum atomic E-state index is 11.0. The van der Waals surface area contributed by atoms with Gasteiger partial charge in [0.05, 0.1) is 4.92 Å². The van der Waals surface area contributed by atoms with Crippen LogP contribution in [0.3, 0.4) is 0 Å². The van der Waals surface area contributed by atoms with E-state index >= 15 is 0 Å². The third-order valence-electron chi connectivity index (χ3n) is 4.01. The summed E-state index contributed by atoms with van der Waals surface area (Å²) >= 11 is 0. The van der Waals surface area contributed by atoms with Crippen molar-refractivity contribution >= 4 is 17.3 Å². The number of nitro groups is 1. The van der Waals surface area contributed by atoms with Gasteiger partial charge in [0.1, 0.15) is 5.82 Å². The largest absolute Gasteiger partial charge is 0.373 e. The molecule has 1 aliphatic heterocycles. The molecule has 7 nitrogen and oxygen atoms in total. The Hall–Kier alpha value is -1.89. The molecule has 0 unspecified atom stereocenters. The van der Waals surface area contributed by atoms with E-state index in [1.807, 2.05) is 0 Å². The van der Waals surface area contributed by atoms with E-state index in [9.17, 15) is 10.1 Å². The van der Waals surface area contributed by atoms with Crippen LogP contribution in [0.15, 0.2) is 12.1 Å². The molecule has 2 rings (SSSR count). The Labute approximate surface area is 124 Å². The van der Waals surface area contributed by atoms with Crippen LogP contribution in [-0.4, -0.2) is 48.5 Å². The Morgan fingerprint density at radius 2 is 2.14 bits per heavy atom. The van der Waals surface area contributed by atoms with Crippen LogP contribution in [0.25, 0.3) is 0 Å². The first kappa shape index (κ1) is 15.5. The molecule has 1 fully saturated rings. The third kappa shape index (κ3) is 4.29. The molecule has 1 aromatic heterocycles. The van der Waals surface area contributed by atoms with Crippen molar-refractivity contribution in [1.82, 2.24) is 9.88 Å². The molecule has 2 heterocycles. The van der Waals surface area contributed by atoms with Crippen LogP contribution in [0.1, 0.15) is 19.3 Å². The second-order valence-electron chi connectivity index (χ2n) is 5.53. The number of likely N-dealkylation sites (tertiary alicyclic amines) is 1. The van der Waals surface area contributed by atoms with Crippen molar-refractivity contribution in [2.24, 2.45) is 5.92 Å². The molecule has 7 heteroatoms. The van der Waals surface area contributed by atoms with Crippen LogP contribution in [0.2, 0.25) is 0 Å². The maximum Gasteiger partial charge on any atom is 0.311 e. The molecule has 1 aliphatic rings. The lowest BCUT2D eigenvalue weighted by atomic mass is 9.94. The average Bonchev–Trinajstić information content (AvgIpc) is 2.49. The van der Waals surface area contributed by atoms with E-state index in [0.717, 1.165) is 26.1 Å². The predicted octanol–water partition coefficient (Wildman–Crippen LogP) is 2.18. The molecule has 0 aliphatic carbocycles. The minimum absolute atomic E-state index is 0.0253. The number of hydrogen-bond acceptors (Lipinski definition) is 6. The summed E-state index contributed by atoms with van der Waals surface area (Å²) in [5.41, 5.74) is 0.0253. The molecular weight excluding hydrogens is 270 g/mol. The SMILES string of the molecule is CNc1ccc([N+](=O)[O-])c(NCCC2CCN(C)CC2)n1. The lowest BCUT2D eigenvalue weighted by Gasteiger charge is -2.28. The van der Waals surface area contributed by atoms with Crippen LogP contribution in [-0.2, 0) is 0 Å². The molecule has 1 saturated heterocycles. The quantitative estimate of drug-likeness (QED) is 0.618. The molecule has 0 amide bonds. The van der Waals surface area contributed by atoms with Crippen LogP contribution < -0.4 is 10.6 Å². The van der Waals surface area contributed by atoms with Gasteiger partial charge in [-0.05, 0) is 51.4 Å². The number of aromatic nitrogens is 1. The highest BCUT2D eigenvalue weighted by Gasteiger charge is 2.18. The fourth-order valence-electron chi connectivity index (χ4n) is 2.61. The van der Waals surface area contributed by atoms with Gasteiger partial charge in [-0.2, -0.15) is 0 Å². The highest BCUT2D eigenvalue weighted by molar-refractivity contribution is 5.60. The highest BCUT2D eigenvalue weighted by Crippen LogP contribution is 2.25. The summed E-state index contributed by atoms with van der Waals surface area (Å²) in [5, 5.41) is 17.0. The Bertz CT molecular complexity index is 486. The summed E-state index contributed by atoms with van der Waals surface area (Å²) in [6.07, 6.45) is 3.42. The van der Waals surface area contributed by atoms with Crippen molar-refractivity contribution < 1.29 is 4.92 Å². The number of piperidine rings is 1. The van der Waals surface area contributed by atoms with Crippen molar-refractivity contribution in [2.45, 2.75) is 19.3 Å². The smallest absolute Gasteiger partial charge is 0.311 e. The molecule has 0 bridgehead atoms. The zero-order chi connectivity index (χ0) is 15.2. The van der Waals surface area contributed by atoms with E-state index < -0.39 is 4.92 Å². The Balaban J connectivity index is 1.91. The Morgan fingerprint density at radius 3 is 2.76 bits per heavy atom. The van der Waals surface area contributed by atoms with Gasteiger partial charge in [0.25, 0.3) is 0 Å². The minimum Gasteiger partial charge on any atom is -0.373 e. The minimum atomic E-state index is -0.398. The van der Waals surface area contributed by atoms with Gasteiger partial charge < -0.3 is 15.5 Å². The van der Waals surface area contributed by atoms with Gasteiger partial charge in [-0.15, -0.1) is 0 Å². The molecule has 2 N–H and O–H groups in total. The van der Waals surface area contributed by atoms with Gasteiger partial charge in [0.2, 0.25) is 5.82 Å². The van der Waals surface area contributed by atoms with Gasteiger partial charge >= 0.3 is 5.69 Å². The number of nitrogens with zero attached hydrogens (tertiary/aromatic N) is 3. The van der Waals surface area contributed by atoms with Gasteiger partial charge in [0, 0.05) is 19.7 Å². The fourth-order valence-corrected chi connectivity index (χ4v) is 2.61. The number of hydrogen-bond donors (Lipinski definition) is 2. The van der Waals surface area contributed by atoms with Crippen LogP contribution >= 0.6 is 0 Å². The lowest BCUT2D eigenvalue weighted by Crippen LogP contribution is -2.30. The molecule has 116 valence electrons. The second-order valence-corrected chi connectivity index (χ2v) is 5.53. The van der Waals surface area contributed by atoms with E-state index in [-0.39, 0.29) is 5.69 Å². The number of anilines is 2. The van der Waals surface area contributed by atoms with Crippen molar-refractivity contribution in [3.8, 4) is 0 Å². The first-order valence-electron chi connectivity index (χ1n) is 7.35. The summed E-state index contributed by atoms with van der Waals surface area (Å²) in [6.45, 7) is 2.99. The van der Waals surface area contributed by atoms with Crippen LogP contribution in [0.4, 0.5) is 17.3 Å². The first-order valence-corrected chi connectivity index (χ1v) is 7.35. The summed E-state index contributed by atoms with van der Waals surface area (Å²) < 4.78 is 0. The average molecular weight is 293 g/mol. The standard InChI is InChI=1S/C14H23N5O2/c1-15-13-4-3-12(19(20)21)14(17-13)16-8-5-11-6-9-18(2)10-7-11/h3-4,11H,5-10H2,1-2H3,(H2,15,16,17).